The predicted molar refractivity (Wildman–Crippen MR) is 92.8 cm³/mol. The van der Waals surface area contributed by atoms with Crippen LogP contribution in [0, 0.1) is 5.41 Å². The summed E-state index contributed by atoms with van der Waals surface area (Å²) in [6.45, 7) is 9.71. The summed E-state index contributed by atoms with van der Waals surface area (Å²) in [6, 6.07) is 0.883. The van der Waals surface area contributed by atoms with Crippen molar-refractivity contribution in [2.75, 3.05) is 26.2 Å². The third-order valence-electron chi connectivity index (χ3n) is 5.88. The van der Waals surface area contributed by atoms with Crippen molar-refractivity contribution in [2.24, 2.45) is 5.41 Å². The molecule has 0 heterocycles. The first-order valence-electron chi connectivity index (χ1n) is 9.74. The van der Waals surface area contributed by atoms with E-state index in [-0.39, 0.29) is 0 Å². The summed E-state index contributed by atoms with van der Waals surface area (Å²) < 4.78 is 0. The van der Waals surface area contributed by atoms with Gasteiger partial charge in [-0.2, -0.15) is 0 Å². The summed E-state index contributed by atoms with van der Waals surface area (Å²) >= 11 is 0. The zero-order valence-corrected chi connectivity index (χ0v) is 14.6. The third kappa shape index (κ3) is 5.25. The van der Waals surface area contributed by atoms with Crippen LogP contribution in [-0.2, 0) is 0 Å². The molecule has 0 aromatic heterocycles. The number of nitrogens with zero attached hydrogens (tertiary/aromatic N) is 1. The number of rotatable bonds is 8. The average molecular weight is 295 g/mol. The highest BCUT2D eigenvalue weighted by atomic mass is 15.2. The summed E-state index contributed by atoms with van der Waals surface area (Å²) in [5, 5.41) is 3.75. The van der Waals surface area contributed by atoms with E-state index >= 15 is 0 Å². The molecule has 0 radical (unpaired) electrons. The first kappa shape index (κ1) is 17.3. The molecule has 1 N–H and O–H groups in total. The molecule has 0 aromatic carbocycles. The van der Waals surface area contributed by atoms with Gasteiger partial charge >= 0.3 is 0 Å². The monoisotopic (exact) mass is 294 g/mol. The maximum atomic E-state index is 3.75. The molecule has 21 heavy (non-hydrogen) atoms. The van der Waals surface area contributed by atoms with Crippen LogP contribution in [0.25, 0.3) is 0 Å². The lowest BCUT2D eigenvalue weighted by atomic mass is 9.73. The molecule has 2 nitrogen and oxygen atoms in total. The Morgan fingerprint density at radius 2 is 1.62 bits per heavy atom. The van der Waals surface area contributed by atoms with Gasteiger partial charge < -0.3 is 10.2 Å². The van der Waals surface area contributed by atoms with Crippen molar-refractivity contribution in [1.29, 1.82) is 0 Å². The quantitative estimate of drug-likeness (QED) is 0.659. The van der Waals surface area contributed by atoms with Crippen molar-refractivity contribution >= 4 is 0 Å². The van der Waals surface area contributed by atoms with Gasteiger partial charge in [0.25, 0.3) is 0 Å². The Bertz CT molecular complexity index is 265. The SMILES string of the molecule is CCCNCC1(CN(CC)C2CCCCC2)CCCCC1. The summed E-state index contributed by atoms with van der Waals surface area (Å²) in [4.78, 5) is 2.85. The van der Waals surface area contributed by atoms with Crippen LogP contribution in [0.3, 0.4) is 0 Å². The van der Waals surface area contributed by atoms with Crippen molar-refractivity contribution < 1.29 is 0 Å². The molecule has 2 saturated carbocycles. The molecule has 0 amide bonds. The molecule has 0 unspecified atom stereocenters. The lowest BCUT2D eigenvalue weighted by Gasteiger charge is -2.44. The van der Waals surface area contributed by atoms with Crippen LogP contribution in [0.5, 0.6) is 0 Å². The van der Waals surface area contributed by atoms with Gasteiger partial charge in [0.2, 0.25) is 0 Å². The fourth-order valence-electron chi connectivity index (χ4n) is 4.60. The minimum absolute atomic E-state index is 0.570. The van der Waals surface area contributed by atoms with E-state index < -0.39 is 0 Å². The summed E-state index contributed by atoms with van der Waals surface area (Å²) in [7, 11) is 0. The van der Waals surface area contributed by atoms with Crippen LogP contribution in [0.2, 0.25) is 0 Å². The van der Waals surface area contributed by atoms with Gasteiger partial charge in [0.1, 0.15) is 0 Å². The topological polar surface area (TPSA) is 15.3 Å². The Kier molecular flexibility index (Phi) is 7.53. The summed E-state index contributed by atoms with van der Waals surface area (Å²) in [6.07, 6.45) is 15.8. The van der Waals surface area contributed by atoms with Crippen molar-refractivity contribution in [2.45, 2.75) is 90.5 Å². The normalized spacial score (nSPS) is 23.6. The Morgan fingerprint density at radius 1 is 0.952 bits per heavy atom. The van der Waals surface area contributed by atoms with E-state index in [1.165, 1.54) is 96.8 Å². The number of nitrogens with one attached hydrogen (secondary N) is 1. The highest BCUT2D eigenvalue weighted by Gasteiger charge is 2.35. The van der Waals surface area contributed by atoms with Gasteiger partial charge in [-0.1, -0.05) is 52.4 Å². The third-order valence-corrected chi connectivity index (χ3v) is 5.88. The number of hydrogen-bond acceptors (Lipinski definition) is 2. The molecule has 2 rings (SSSR count). The zero-order chi connectivity index (χ0) is 15.0. The van der Waals surface area contributed by atoms with E-state index in [0.717, 1.165) is 6.04 Å². The van der Waals surface area contributed by atoms with Gasteiger partial charge in [-0.3, -0.25) is 0 Å². The van der Waals surface area contributed by atoms with Crippen molar-refractivity contribution in [1.82, 2.24) is 10.2 Å². The van der Waals surface area contributed by atoms with E-state index in [9.17, 15) is 0 Å². The van der Waals surface area contributed by atoms with Crippen LogP contribution < -0.4 is 5.32 Å². The summed E-state index contributed by atoms with van der Waals surface area (Å²) in [5.41, 5.74) is 0.570. The zero-order valence-electron chi connectivity index (χ0n) is 14.6. The smallest absolute Gasteiger partial charge is 0.00953 e. The van der Waals surface area contributed by atoms with Crippen molar-refractivity contribution in [3.8, 4) is 0 Å². The lowest BCUT2D eigenvalue weighted by Crippen LogP contribution is -2.49. The average Bonchev–Trinajstić information content (AvgIpc) is 2.55. The van der Waals surface area contributed by atoms with Crippen LogP contribution >= 0.6 is 0 Å². The first-order chi connectivity index (χ1) is 10.3. The van der Waals surface area contributed by atoms with Crippen LogP contribution in [0.15, 0.2) is 0 Å². The molecule has 2 fully saturated rings. The predicted octanol–water partition coefficient (Wildman–Crippen LogP) is 4.59. The molecule has 2 heteroatoms. The fraction of sp³-hybridized carbons (Fsp3) is 1.00. The van der Waals surface area contributed by atoms with E-state index in [0.29, 0.717) is 5.41 Å². The Hall–Kier alpha value is -0.0800. The van der Waals surface area contributed by atoms with Gasteiger partial charge in [0.15, 0.2) is 0 Å². The molecule has 2 aliphatic carbocycles. The lowest BCUT2D eigenvalue weighted by molar-refractivity contribution is 0.0646. The minimum Gasteiger partial charge on any atom is -0.316 e. The van der Waals surface area contributed by atoms with Crippen LogP contribution in [0.4, 0.5) is 0 Å². The highest BCUT2D eigenvalue weighted by molar-refractivity contribution is 4.90. The largest absolute Gasteiger partial charge is 0.316 e. The number of hydrogen-bond donors (Lipinski definition) is 1. The first-order valence-corrected chi connectivity index (χ1v) is 9.74. The van der Waals surface area contributed by atoms with E-state index in [2.05, 4.69) is 24.1 Å². The molecule has 0 bridgehead atoms. The molecule has 2 aliphatic rings. The minimum atomic E-state index is 0.570. The maximum absolute atomic E-state index is 3.75. The second-order valence-corrected chi connectivity index (χ2v) is 7.59. The van der Waals surface area contributed by atoms with E-state index in [4.69, 9.17) is 0 Å². The maximum Gasteiger partial charge on any atom is 0.00953 e. The van der Waals surface area contributed by atoms with Gasteiger partial charge in [-0.05, 0) is 50.6 Å². The van der Waals surface area contributed by atoms with Gasteiger partial charge in [0.05, 0.1) is 0 Å². The standard InChI is InChI=1S/C19H38N2/c1-3-15-20-16-19(13-9-6-10-14-19)17-21(4-2)18-11-7-5-8-12-18/h18,20H,3-17H2,1-2H3. The van der Waals surface area contributed by atoms with Crippen LogP contribution in [0.1, 0.15) is 84.5 Å². The van der Waals surface area contributed by atoms with E-state index in [1.807, 2.05) is 0 Å². The second-order valence-electron chi connectivity index (χ2n) is 7.59. The molecular formula is C19H38N2. The Labute approximate surface area is 133 Å². The van der Waals surface area contributed by atoms with E-state index in [1.54, 1.807) is 0 Å². The summed E-state index contributed by atoms with van der Waals surface area (Å²) in [5.74, 6) is 0. The Balaban J connectivity index is 1.94. The van der Waals surface area contributed by atoms with Gasteiger partial charge in [-0.25, -0.2) is 0 Å². The second kappa shape index (κ2) is 9.15. The van der Waals surface area contributed by atoms with Crippen molar-refractivity contribution in [3.63, 3.8) is 0 Å². The molecule has 0 spiro atoms. The fourth-order valence-corrected chi connectivity index (χ4v) is 4.60. The van der Waals surface area contributed by atoms with Gasteiger partial charge in [-0.15, -0.1) is 0 Å². The molecular weight excluding hydrogens is 256 g/mol. The Morgan fingerprint density at radius 3 is 2.24 bits per heavy atom. The molecule has 0 aromatic rings. The van der Waals surface area contributed by atoms with Crippen molar-refractivity contribution in [3.05, 3.63) is 0 Å². The molecule has 0 aliphatic heterocycles. The molecule has 0 saturated heterocycles. The molecule has 124 valence electrons. The van der Waals surface area contributed by atoms with Crippen LogP contribution in [-0.4, -0.2) is 37.1 Å². The van der Waals surface area contributed by atoms with Gasteiger partial charge in [0, 0.05) is 19.1 Å². The highest BCUT2D eigenvalue weighted by Crippen LogP contribution is 2.38. The molecule has 0 atom stereocenters.